The topological polar surface area (TPSA) is 26.3 Å². The van der Waals surface area contributed by atoms with E-state index in [4.69, 9.17) is 4.74 Å². The lowest BCUT2D eigenvalue weighted by Crippen LogP contribution is -2.12. The number of methoxy groups -OCH3 is 1. The van der Waals surface area contributed by atoms with E-state index in [1.54, 1.807) is 0 Å². The molecule has 0 radical (unpaired) electrons. The monoisotopic (exact) mass is 234 g/mol. The van der Waals surface area contributed by atoms with Gasteiger partial charge >= 0.3 is 5.97 Å². The Hall–Kier alpha value is -1.31. The maximum Gasteiger partial charge on any atom is 0.308 e. The number of rotatable bonds is 5. The molecule has 17 heavy (non-hydrogen) atoms. The first kappa shape index (κ1) is 13.8. The van der Waals surface area contributed by atoms with Crippen LogP contribution in [0.2, 0.25) is 0 Å². The Balaban J connectivity index is 2.49. The van der Waals surface area contributed by atoms with Crippen LogP contribution in [-0.4, -0.2) is 13.1 Å². The second kappa shape index (κ2) is 6.43. The van der Waals surface area contributed by atoms with Gasteiger partial charge < -0.3 is 4.74 Å². The van der Waals surface area contributed by atoms with E-state index in [2.05, 4.69) is 32.0 Å². The maximum atomic E-state index is 11.3. The predicted molar refractivity (Wildman–Crippen MR) is 70.0 cm³/mol. The zero-order valence-corrected chi connectivity index (χ0v) is 11.2. The van der Waals surface area contributed by atoms with E-state index >= 15 is 0 Å². The first-order chi connectivity index (χ1) is 8.06. The van der Waals surface area contributed by atoms with Crippen molar-refractivity contribution in [3.8, 4) is 0 Å². The molecule has 1 rings (SSSR count). The van der Waals surface area contributed by atoms with Crippen LogP contribution in [0, 0.1) is 19.8 Å². The minimum Gasteiger partial charge on any atom is -0.469 e. The van der Waals surface area contributed by atoms with E-state index in [-0.39, 0.29) is 11.9 Å². The number of carbonyl (C=O) groups is 1. The highest BCUT2D eigenvalue weighted by Crippen LogP contribution is 2.18. The number of hydrogen-bond acceptors (Lipinski definition) is 2. The van der Waals surface area contributed by atoms with Gasteiger partial charge in [0.05, 0.1) is 13.0 Å². The van der Waals surface area contributed by atoms with Crippen LogP contribution in [0.4, 0.5) is 0 Å². The Morgan fingerprint density at radius 2 is 1.88 bits per heavy atom. The molecule has 0 aliphatic rings. The van der Waals surface area contributed by atoms with Crippen LogP contribution in [0.1, 0.15) is 36.5 Å². The van der Waals surface area contributed by atoms with Gasteiger partial charge in [0.1, 0.15) is 0 Å². The fraction of sp³-hybridized carbons (Fsp3) is 0.533. The quantitative estimate of drug-likeness (QED) is 0.729. The molecular formula is C15H22O2. The Morgan fingerprint density at radius 1 is 1.29 bits per heavy atom. The molecule has 1 atom stereocenters. The number of hydrogen-bond donors (Lipinski definition) is 0. The fourth-order valence-corrected chi connectivity index (χ4v) is 2.15. The fourth-order valence-electron chi connectivity index (χ4n) is 2.15. The third-order valence-electron chi connectivity index (χ3n) is 3.31. The molecule has 0 aliphatic heterocycles. The minimum absolute atomic E-state index is 0.00400. The van der Waals surface area contributed by atoms with E-state index < -0.39 is 0 Å². The van der Waals surface area contributed by atoms with Gasteiger partial charge in [0, 0.05) is 0 Å². The van der Waals surface area contributed by atoms with Gasteiger partial charge in [-0.05, 0) is 49.8 Å². The van der Waals surface area contributed by atoms with Gasteiger partial charge in [-0.25, -0.2) is 0 Å². The number of aryl methyl sites for hydroxylation is 2. The van der Waals surface area contributed by atoms with Crippen molar-refractivity contribution in [1.82, 2.24) is 0 Å². The number of esters is 1. The van der Waals surface area contributed by atoms with Gasteiger partial charge in [0.15, 0.2) is 0 Å². The standard InChI is InChI=1S/C15H22O2/c1-11-7-5-8-12(2)14(11)10-6-9-13(3)15(16)17-4/h5,7-8,13H,6,9-10H2,1-4H3. The summed E-state index contributed by atoms with van der Waals surface area (Å²) in [6.07, 6.45) is 2.96. The maximum absolute atomic E-state index is 11.3. The van der Waals surface area contributed by atoms with E-state index in [0.29, 0.717) is 0 Å². The predicted octanol–water partition coefficient (Wildman–Crippen LogP) is 3.44. The molecule has 1 unspecified atom stereocenters. The molecule has 0 spiro atoms. The third kappa shape index (κ3) is 3.88. The number of benzene rings is 1. The zero-order chi connectivity index (χ0) is 12.8. The van der Waals surface area contributed by atoms with Crippen molar-refractivity contribution in [2.24, 2.45) is 5.92 Å². The summed E-state index contributed by atoms with van der Waals surface area (Å²) < 4.78 is 4.72. The van der Waals surface area contributed by atoms with Gasteiger partial charge in [-0.2, -0.15) is 0 Å². The third-order valence-corrected chi connectivity index (χ3v) is 3.31. The Kier molecular flexibility index (Phi) is 5.20. The molecule has 94 valence electrons. The molecule has 2 heteroatoms. The molecule has 0 saturated carbocycles. The van der Waals surface area contributed by atoms with E-state index in [1.807, 2.05) is 6.92 Å². The highest BCUT2D eigenvalue weighted by Gasteiger charge is 2.12. The second-order valence-corrected chi connectivity index (χ2v) is 4.69. The number of carbonyl (C=O) groups excluding carboxylic acids is 1. The molecule has 0 bridgehead atoms. The summed E-state index contributed by atoms with van der Waals surface area (Å²) in [4.78, 5) is 11.3. The molecule has 1 aromatic carbocycles. The summed E-state index contributed by atoms with van der Waals surface area (Å²) in [5.74, 6) is -0.101. The van der Waals surface area contributed by atoms with Crippen LogP contribution < -0.4 is 0 Å². The second-order valence-electron chi connectivity index (χ2n) is 4.69. The minimum atomic E-state index is -0.105. The summed E-state index contributed by atoms with van der Waals surface area (Å²) in [6, 6.07) is 6.38. The summed E-state index contributed by atoms with van der Waals surface area (Å²) in [6.45, 7) is 6.22. The van der Waals surface area contributed by atoms with E-state index in [9.17, 15) is 4.79 Å². The average molecular weight is 234 g/mol. The highest BCUT2D eigenvalue weighted by atomic mass is 16.5. The van der Waals surface area contributed by atoms with Crippen molar-refractivity contribution < 1.29 is 9.53 Å². The van der Waals surface area contributed by atoms with Crippen molar-refractivity contribution in [2.45, 2.75) is 40.0 Å². The molecule has 0 amide bonds. The summed E-state index contributed by atoms with van der Waals surface area (Å²) in [5.41, 5.74) is 4.11. The number of ether oxygens (including phenoxy) is 1. The summed E-state index contributed by atoms with van der Waals surface area (Å²) in [7, 11) is 1.45. The van der Waals surface area contributed by atoms with Crippen molar-refractivity contribution in [1.29, 1.82) is 0 Å². The van der Waals surface area contributed by atoms with Gasteiger partial charge in [0.2, 0.25) is 0 Å². The Bertz CT molecular complexity index is 362. The Morgan fingerprint density at radius 3 is 2.41 bits per heavy atom. The molecule has 2 nitrogen and oxygen atoms in total. The SMILES string of the molecule is COC(=O)C(C)CCCc1c(C)cccc1C. The summed E-state index contributed by atoms with van der Waals surface area (Å²) >= 11 is 0. The Labute approximate surface area is 104 Å². The van der Waals surface area contributed by atoms with Gasteiger partial charge in [-0.3, -0.25) is 4.79 Å². The highest BCUT2D eigenvalue weighted by molar-refractivity contribution is 5.71. The molecular weight excluding hydrogens is 212 g/mol. The zero-order valence-electron chi connectivity index (χ0n) is 11.2. The van der Waals surface area contributed by atoms with Crippen LogP contribution in [0.15, 0.2) is 18.2 Å². The van der Waals surface area contributed by atoms with Crippen LogP contribution in [0.5, 0.6) is 0 Å². The lowest BCUT2D eigenvalue weighted by Gasteiger charge is -2.11. The molecule has 0 heterocycles. The van der Waals surface area contributed by atoms with Gasteiger partial charge in [-0.15, -0.1) is 0 Å². The average Bonchev–Trinajstić information content (AvgIpc) is 2.31. The lowest BCUT2D eigenvalue weighted by molar-refractivity contribution is -0.145. The van der Waals surface area contributed by atoms with Crippen molar-refractivity contribution in [3.05, 3.63) is 34.9 Å². The lowest BCUT2D eigenvalue weighted by atomic mass is 9.95. The normalized spacial score (nSPS) is 12.2. The van der Waals surface area contributed by atoms with Crippen molar-refractivity contribution in [3.63, 3.8) is 0 Å². The van der Waals surface area contributed by atoms with Gasteiger partial charge in [-0.1, -0.05) is 25.1 Å². The van der Waals surface area contributed by atoms with Crippen molar-refractivity contribution in [2.75, 3.05) is 7.11 Å². The smallest absolute Gasteiger partial charge is 0.308 e. The summed E-state index contributed by atoms with van der Waals surface area (Å²) in [5, 5.41) is 0. The van der Waals surface area contributed by atoms with Crippen LogP contribution in [-0.2, 0) is 16.0 Å². The largest absolute Gasteiger partial charge is 0.469 e. The van der Waals surface area contributed by atoms with E-state index in [1.165, 1.54) is 23.8 Å². The molecule has 0 fully saturated rings. The van der Waals surface area contributed by atoms with Crippen LogP contribution >= 0.6 is 0 Å². The first-order valence-electron chi connectivity index (χ1n) is 6.19. The van der Waals surface area contributed by atoms with Crippen molar-refractivity contribution >= 4 is 5.97 Å². The molecule has 0 aliphatic carbocycles. The molecule has 1 aromatic rings. The molecule has 0 N–H and O–H groups in total. The molecule has 0 aromatic heterocycles. The van der Waals surface area contributed by atoms with Crippen LogP contribution in [0.3, 0.4) is 0 Å². The molecule has 0 saturated heterocycles. The van der Waals surface area contributed by atoms with Gasteiger partial charge in [0.25, 0.3) is 0 Å². The van der Waals surface area contributed by atoms with Crippen LogP contribution in [0.25, 0.3) is 0 Å². The first-order valence-corrected chi connectivity index (χ1v) is 6.19. The van der Waals surface area contributed by atoms with E-state index in [0.717, 1.165) is 19.3 Å².